The number of rotatable bonds is 0. The van der Waals surface area contributed by atoms with Gasteiger partial charge in [-0.3, -0.25) is 0 Å². The van der Waals surface area contributed by atoms with Crippen LogP contribution in [0.1, 0.15) is 0 Å². The Labute approximate surface area is 91.3 Å². The van der Waals surface area contributed by atoms with Gasteiger partial charge >= 0.3 is 63.5 Å². The summed E-state index contributed by atoms with van der Waals surface area (Å²) in [6.45, 7) is 0. The molecule has 0 aliphatic heterocycles. The molecule has 8 heavy (non-hydrogen) atoms. The zero-order valence-electron chi connectivity index (χ0n) is 4.22. The van der Waals surface area contributed by atoms with Crippen LogP contribution in [0.4, 0.5) is 0 Å². The van der Waals surface area contributed by atoms with Crippen molar-refractivity contribution in [2.75, 3.05) is 0 Å². The van der Waals surface area contributed by atoms with Crippen molar-refractivity contribution in [3.05, 3.63) is 0 Å². The molecule has 0 aromatic heterocycles. The Morgan fingerprint density at radius 3 is 1.12 bits per heavy atom. The predicted octanol–water partition coefficient (Wildman–Crippen LogP) is -4.84. The van der Waals surface area contributed by atoms with Crippen LogP contribution in [0.2, 0.25) is 0 Å². The van der Waals surface area contributed by atoms with Gasteiger partial charge in [0.25, 0.3) is 0 Å². The summed E-state index contributed by atoms with van der Waals surface area (Å²) in [6, 6.07) is 0. The van der Waals surface area contributed by atoms with Crippen molar-refractivity contribution in [1.29, 1.82) is 0 Å². The topological polar surface area (TPSA) is 94.7 Å². The minimum Gasteiger partial charge on any atom is -0.672 e. The van der Waals surface area contributed by atoms with Gasteiger partial charge in [0.2, 0.25) is 0 Å². The molecule has 0 bridgehead atoms. The van der Waals surface area contributed by atoms with Gasteiger partial charge in [-0.05, 0) is 0 Å². The van der Waals surface area contributed by atoms with Gasteiger partial charge in [-0.15, -0.1) is 0 Å². The van der Waals surface area contributed by atoms with E-state index in [2.05, 4.69) is 0 Å². The minimum atomic E-state index is -3.63. The fraction of sp³-hybridized carbons (Fsp3) is 0. The molecular weight excluding hydrogens is 168 g/mol. The first-order valence-corrected chi connectivity index (χ1v) is 1.84. The molecule has 0 aromatic rings. The molecule has 0 fully saturated rings. The summed E-state index contributed by atoms with van der Waals surface area (Å²) in [5.41, 5.74) is 0. The summed E-state index contributed by atoms with van der Waals surface area (Å²) in [6.07, 6.45) is 0. The molecule has 0 atom stereocenters. The van der Waals surface area contributed by atoms with Gasteiger partial charge in [0.05, 0.1) is 0 Å². The second-order valence-corrected chi connectivity index (χ2v) is 0.750. The van der Waals surface area contributed by atoms with Crippen molar-refractivity contribution in [3.8, 4) is 0 Å². The van der Waals surface area contributed by atoms with Crippen LogP contribution in [0.25, 0.3) is 0 Å². The predicted molar refractivity (Wildman–Crippen MR) is 27.3 cm³/mol. The fourth-order valence-corrected chi connectivity index (χ4v) is 0. The maximum absolute atomic E-state index is 8.52. The molecule has 0 rings (SSSR count). The van der Waals surface area contributed by atoms with Crippen LogP contribution < -0.4 is 9.59 Å². The molecule has 0 unspecified atom stereocenters. The van der Waals surface area contributed by atoms with Crippen LogP contribution in [0.3, 0.4) is 0 Å². The van der Waals surface area contributed by atoms with Crippen molar-refractivity contribution in [1.82, 2.24) is 0 Å². The molecule has 32 valence electrons. The van der Waals surface area contributed by atoms with Gasteiger partial charge in [-0.1, -0.05) is 0 Å². The minimum absolute atomic E-state index is 0. The van der Waals surface area contributed by atoms with Crippen molar-refractivity contribution in [2.45, 2.75) is 0 Å². The van der Waals surface area contributed by atoms with Crippen LogP contribution in [-0.4, -0.2) is 78.1 Å². The normalized spacial score (nSPS) is 3.00. The second kappa shape index (κ2) is 23.4. The van der Waals surface area contributed by atoms with Gasteiger partial charge < -0.3 is 19.5 Å². The average molecular weight is 170 g/mol. The second-order valence-electron chi connectivity index (χ2n) is 0.250. The van der Waals surface area contributed by atoms with E-state index in [-0.39, 0.29) is 68.9 Å². The summed E-state index contributed by atoms with van der Waals surface area (Å²) in [7, 11) is -3.63. The molecule has 0 radical (unpaired) electrons. The Hall–Kier alpha value is 1.64. The molecule has 0 spiro atoms. The first-order chi connectivity index (χ1) is 1.73. The number of hydrogen-bond acceptors (Lipinski definition) is 3. The Morgan fingerprint density at radius 2 is 1.12 bits per heavy atom. The largest absolute Gasteiger partial charge is 3.00 e. The third-order valence-electron chi connectivity index (χ3n) is 0. The molecule has 0 amide bonds. The Balaban J connectivity index is -0.00000000750. The van der Waals surface area contributed by atoms with E-state index >= 15 is 0 Å². The molecule has 0 aromatic carbocycles. The molecule has 8 heteroatoms. The standard InChI is InChI=1S/Al.2Mg.O3Si.H2O/c;;;1-4(2)3;/h;;;;1H2/q+3;2*+2;-2;. The Morgan fingerprint density at radius 1 is 1.12 bits per heavy atom. The van der Waals surface area contributed by atoms with E-state index in [0.717, 1.165) is 0 Å². The summed E-state index contributed by atoms with van der Waals surface area (Å²) in [5.74, 6) is 0. The molecule has 0 saturated carbocycles. The zero-order chi connectivity index (χ0) is 3.58. The molecule has 0 aliphatic rings. The molecule has 2 N–H and O–H groups in total. The summed E-state index contributed by atoms with van der Waals surface area (Å²) in [5, 5.41) is 0. The van der Waals surface area contributed by atoms with Crippen LogP contribution in [-0.2, 0) is 4.46 Å². The summed E-state index contributed by atoms with van der Waals surface area (Å²) in [4.78, 5) is 17.0. The summed E-state index contributed by atoms with van der Waals surface area (Å²) >= 11 is 0. The molecule has 0 heterocycles. The van der Waals surface area contributed by atoms with Gasteiger partial charge in [0, 0.05) is 9.17 Å². The molecule has 4 nitrogen and oxygen atoms in total. The Kier molecular flexibility index (Phi) is 97.8. The molecule has 0 saturated heterocycles. The third kappa shape index (κ3) is 125. The maximum Gasteiger partial charge on any atom is 3.00 e. The van der Waals surface area contributed by atoms with E-state index in [0.29, 0.717) is 0 Å². The number of hydrogen-bond donors (Lipinski definition) is 0. The van der Waals surface area contributed by atoms with Crippen LogP contribution in [0, 0.1) is 0 Å². The van der Waals surface area contributed by atoms with Crippen LogP contribution >= 0.6 is 0 Å². The average Bonchev–Trinajstić information content (AvgIpc) is 0.811. The molecule has 0 aliphatic carbocycles. The van der Waals surface area contributed by atoms with Crippen molar-refractivity contribution >= 4 is 72.6 Å². The smallest absolute Gasteiger partial charge is 0.672 e. The van der Waals surface area contributed by atoms with Gasteiger partial charge in [0.1, 0.15) is 0 Å². The summed E-state index contributed by atoms with van der Waals surface area (Å²) < 4.78 is 8.52. The maximum atomic E-state index is 8.52. The quantitative estimate of drug-likeness (QED) is 0.341. The first kappa shape index (κ1) is 33.4. The van der Waals surface area contributed by atoms with E-state index in [4.69, 9.17) is 14.1 Å². The van der Waals surface area contributed by atoms with Crippen LogP contribution in [0.5, 0.6) is 0 Å². The Bertz CT molecular complexity index is 37.0. The first-order valence-electron chi connectivity index (χ1n) is 0.612. The third-order valence-corrected chi connectivity index (χ3v) is 0. The van der Waals surface area contributed by atoms with E-state index in [1.54, 1.807) is 0 Å². The van der Waals surface area contributed by atoms with Crippen molar-refractivity contribution < 1.29 is 19.5 Å². The van der Waals surface area contributed by atoms with E-state index < -0.39 is 9.17 Å². The van der Waals surface area contributed by atoms with Crippen LogP contribution in [0.15, 0.2) is 0 Å². The van der Waals surface area contributed by atoms with Gasteiger partial charge in [0.15, 0.2) is 0 Å². The monoisotopic (exact) mass is 169 g/mol. The van der Waals surface area contributed by atoms with Crippen molar-refractivity contribution in [2.24, 2.45) is 0 Å². The van der Waals surface area contributed by atoms with E-state index in [1.807, 2.05) is 0 Å². The van der Waals surface area contributed by atoms with E-state index in [1.165, 1.54) is 0 Å². The van der Waals surface area contributed by atoms with Crippen molar-refractivity contribution in [3.63, 3.8) is 0 Å². The zero-order valence-corrected chi connectivity index (χ0v) is 9.20. The fourth-order valence-electron chi connectivity index (χ4n) is 0. The van der Waals surface area contributed by atoms with Gasteiger partial charge in [-0.25, -0.2) is 0 Å². The van der Waals surface area contributed by atoms with Gasteiger partial charge in [-0.2, -0.15) is 0 Å². The molecular formula is H2AlMg2O4Si+5. The SMILES string of the molecule is O.O=[Si]([O-])[O-].[Al+3].[Mg+2].[Mg+2]. The van der Waals surface area contributed by atoms with E-state index in [9.17, 15) is 0 Å².